The Bertz CT molecular complexity index is 1150. The summed E-state index contributed by atoms with van der Waals surface area (Å²) in [6, 6.07) is 1.84. The van der Waals surface area contributed by atoms with Crippen LogP contribution in [-0.2, 0) is 15.7 Å². The van der Waals surface area contributed by atoms with Crippen molar-refractivity contribution in [2.45, 2.75) is 77.4 Å². The lowest BCUT2D eigenvalue weighted by Crippen LogP contribution is -2.68. The summed E-state index contributed by atoms with van der Waals surface area (Å²) in [5.74, 6) is -0.392. The Labute approximate surface area is 234 Å². The van der Waals surface area contributed by atoms with Gasteiger partial charge in [-0.2, -0.15) is 13.2 Å². The van der Waals surface area contributed by atoms with Gasteiger partial charge in [-0.05, 0) is 46.6 Å². The summed E-state index contributed by atoms with van der Waals surface area (Å²) in [4.78, 5) is 28.2. The summed E-state index contributed by atoms with van der Waals surface area (Å²) in [5, 5.41) is 0. The highest BCUT2D eigenvalue weighted by atomic mass is 19.4. The Balaban J connectivity index is 1.26. The smallest absolute Gasteiger partial charge is 0.444 e. The van der Waals surface area contributed by atoms with Crippen molar-refractivity contribution < 1.29 is 27.4 Å². The Morgan fingerprint density at radius 3 is 2.27 bits per heavy atom. The number of carbonyl (C=O) groups excluding carboxylic acids is 1. The molecule has 1 amide bonds. The molecule has 1 aromatic heterocycles. The van der Waals surface area contributed by atoms with E-state index in [1.54, 1.807) is 11.0 Å². The highest BCUT2D eigenvalue weighted by Crippen LogP contribution is 2.42. The minimum absolute atomic E-state index is 0.0277. The van der Waals surface area contributed by atoms with E-state index in [1.807, 2.05) is 37.5 Å². The fourth-order valence-corrected chi connectivity index (χ4v) is 6.46. The molecule has 3 fully saturated rings. The van der Waals surface area contributed by atoms with E-state index in [9.17, 15) is 18.0 Å². The summed E-state index contributed by atoms with van der Waals surface area (Å²) in [6.07, 6.45) is -2.16. The molecule has 222 valence electrons. The highest BCUT2D eigenvalue weighted by Gasteiger charge is 2.47. The second-order valence-electron chi connectivity index (χ2n) is 12.6. The molecule has 40 heavy (non-hydrogen) atoms. The zero-order valence-electron chi connectivity index (χ0n) is 24.3. The Hall–Kier alpha value is -2.60. The molecular formula is C28H41F3N6O3. The minimum atomic E-state index is -4.65. The van der Waals surface area contributed by atoms with Crippen molar-refractivity contribution in [3.63, 3.8) is 0 Å². The number of piperidine rings is 1. The third-order valence-corrected chi connectivity index (χ3v) is 8.88. The monoisotopic (exact) mass is 566 g/mol. The lowest BCUT2D eigenvalue weighted by atomic mass is 9.77. The third-order valence-electron chi connectivity index (χ3n) is 8.88. The molecule has 1 spiro atoms. The van der Waals surface area contributed by atoms with Crippen LogP contribution in [0.5, 0.6) is 0 Å². The molecule has 0 bridgehead atoms. The molecule has 0 radical (unpaired) electrons. The van der Waals surface area contributed by atoms with Crippen molar-refractivity contribution >= 4 is 17.7 Å². The second kappa shape index (κ2) is 10.3. The van der Waals surface area contributed by atoms with Crippen LogP contribution in [0, 0.1) is 5.92 Å². The van der Waals surface area contributed by atoms with Crippen LogP contribution in [0.1, 0.15) is 53.8 Å². The van der Waals surface area contributed by atoms with E-state index in [-0.39, 0.29) is 29.7 Å². The van der Waals surface area contributed by atoms with Crippen LogP contribution >= 0.6 is 0 Å². The van der Waals surface area contributed by atoms with E-state index in [4.69, 9.17) is 9.47 Å². The van der Waals surface area contributed by atoms with Crippen molar-refractivity contribution in [1.29, 1.82) is 0 Å². The molecule has 2 unspecified atom stereocenters. The van der Waals surface area contributed by atoms with Gasteiger partial charge in [0.15, 0.2) is 0 Å². The van der Waals surface area contributed by atoms with Crippen molar-refractivity contribution in [3.05, 3.63) is 23.5 Å². The fraction of sp³-hybridized carbons (Fsp3) is 0.750. The minimum Gasteiger partial charge on any atom is -0.444 e. The summed E-state index contributed by atoms with van der Waals surface area (Å²) in [5.41, 5.74) is 0.314. The number of halogens is 3. The topological polar surface area (TPSA) is 74.3 Å². The van der Waals surface area contributed by atoms with Crippen molar-refractivity contribution in [2.24, 2.45) is 5.92 Å². The van der Waals surface area contributed by atoms with Crippen molar-refractivity contribution in [2.75, 3.05) is 62.2 Å². The summed E-state index contributed by atoms with van der Waals surface area (Å²) in [7, 11) is 0. The van der Waals surface area contributed by atoms with Gasteiger partial charge in [0.1, 0.15) is 17.2 Å². The van der Waals surface area contributed by atoms with Gasteiger partial charge in [-0.15, -0.1) is 0 Å². The molecule has 0 saturated carbocycles. The highest BCUT2D eigenvalue weighted by molar-refractivity contribution is 5.68. The van der Waals surface area contributed by atoms with E-state index in [0.29, 0.717) is 70.5 Å². The quantitative estimate of drug-likeness (QED) is 0.505. The number of alkyl halides is 3. The summed E-state index contributed by atoms with van der Waals surface area (Å²) in [6.45, 7) is 16.5. The maximum Gasteiger partial charge on any atom is 0.451 e. The van der Waals surface area contributed by atoms with Crippen molar-refractivity contribution in [3.8, 4) is 0 Å². The van der Waals surface area contributed by atoms with Gasteiger partial charge in [0.2, 0.25) is 5.82 Å². The molecule has 5 rings (SSSR count). The molecule has 12 heteroatoms. The number of rotatable bonds is 3. The van der Waals surface area contributed by atoms with E-state index >= 15 is 0 Å². The van der Waals surface area contributed by atoms with Crippen LogP contribution in [0.3, 0.4) is 0 Å². The number of carbonyl (C=O) groups is 1. The largest absolute Gasteiger partial charge is 0.451 e. The number of aromatic nitrogens is 2. The van der Waals surface area contributed by atoms with Crippen LogP contribution < -0.4 is 9.80 Å². The van der Waals surface area contributed by atoms with Gasteiger partial charge in [-0.1, -0.05) is 13.0 Å². The van der Waals surface area contributed by atoms with Crippen LogP contribution in [-0.4, -0.2) is 102 Å². The zero-order valence-corrected chi connectivity index (χ0v) is 24.3. The Morgan fingerprint density at radius 1 is 1.05 bits per heavy atom. The van der Waals surface area contributed by atoms with E-state index in [0.717, 1.165) is 0 Å². The van der Waals surface area contributed by atoms with E-state index < -0.39 is 17.6 Å². The molecular weight excluding hydrogens is 525 g/mol. The summed E-state index contributed by atoms with van der Waals surface area (Å²) >= 11 is 0. The molecule has 3 saturated heterocycles. The van der Waals surface area contributed by atoms with Crippen LogP contribution in [0.4, 0.5) is 29.6 Å². The second-order valence-corrected chi connectivity index (χ2v) is 12.6. The SMILES string of the molecule is CC1=CCOC12CCN(c1cc(N3C[C@@H](N4CCN(C(=O)OC(C)(C)C)CC4)[C@H]3C)nc(C(F)(F)F)n1)CC2C. The first-order valence-corrected chi connectivity index (χ1v) is 14.2. The number of hydrogen-bond acceptors (Lipinski definition) is 8. The van der Waals surface area contributed by atoms with E-state index in [2.05, 4.69) is 34.8 Å². The molecule has 0 N–H and O–H groups in total. The fourth-order valence-electron chi connectivity index (χ4n) is 6.46. The first-order valence-electron chi connectivity index (χ1n) is 14.2. The maximum absolute atomic E-state index is 13.9. The number of piperazine rings is 1. The van der Waals surface area contributed by atoms with Gasteiger partial charge in [0.05, 0.1) is 12.2 Å². The Kier molecular flexibility index (Phi) is 7.48. The van der Waals surface area contributed by atoms with Crippen molar-refractivity contribution in [1.82, 2.24) is 19.8 Å². The van der Waals surface area contributed by atoms with Gasteiger partial charge in [0, 0.05) is 69.9 Å². The lowest BCUT2D eigenvalue weighted by Gasteiger charge is -2.53. The van der Waals surface area contributed by atoms with Crippen LogP contribution in [0.25, 0.3) is 0 Å². The number of nitrogens with zero attached hydrogens (tertiary/aromatic N) is 6. The first-order chi connectivity index (χ1) is 18.7. The predicted octanol–water partition coefficient (Wildman–Crippen LogP) is 4.19. The first kappa shape index (κ1) is 28.9. The van der Waals surface area contributed by atoms with Crippen LogP contribution in [0.15, 0.2) is 17.7 Å². The standard InChI is InChI=1S/C28H41F3N6O3/c1-18-7-14-39-27(18)8-9-36(16-19(27)2)22-15-23(33-24(32-22)28(29,30)31)37-17-21(20(37)3)34-10-12-35(13-11-34)25(38)40-26(4,5)6/h7,15,19-21H,8-14,16-17H2,1-6H3/t19?,20-,21-,27?/m1/s1. The molecule has 1 aromatic rings. The molecule has 4 aliphatic heterocycles. The number of amides is 1. The lowest BCUT2D eigenvalue weighted by molar-refractivity contribution is -0.144. The zero-order chi connectivity index (χ0) is 29.0. The van der Waals surface area contributed by atoms with Gasteiger partial charge in [-0.25, -0.2) is 14.8 Å². The van der Waals surface area contributed by atoms with Gasteiger partial charge < -0.3 is 24.2 Å². The molecule has 9 nitrogen and oxygen atoms in total. The van der Waals surface area contributed by atoms with Gasteiger partial charge >= 0.3 is 12.3 Å². The number of anilines is 2. The van der Waals surface area contributed by atoms with E-state index in [1.165, 1.54) is 5.57 Å². The normalized spacial score (nSPS) is 30.0. The van der Waals surface area contributed by atoms with Gasteiger partial charge in [-0.3, -0.25) is 4.90 Å². The third kappa shape index (κ3) is 5.48. The molecule has 0 aliphatic carbocycles. The molecule has 0 aromatic carbocycles. The molecule has 5 heterocycles. The number of hydrogen-bond donors (Lipinski definition) is 0. The predicted molar refractivity (Wildman–Crippen MR) is 145 cm³/mol. The number of ether oxygens (including phenoxy) is 2. The summed E-state index contributed by atoms with van der Waals surface area (Å²) < 4.78 is 53.3. The average molecular weight is 567 g/mol. The Morgan fingerprint density at radius 2 is 1.73 bits per heavy atom. The average Bonchev–Trinajstić information content (AvgIpc) is 3.24. The maximum atomic E-state index is 13.9. The molecule has 4 atom stereocenters. The van der Waals surface area contributed by atoms with Gasteiger partial charge in [0.25, 0.3) is 0 Å². The van der Waals surface area contributed by atoms with Crippen LogP contribution in [0.2, 0.25) is 0 Å². The molecule has 4 aliphatic rings.